The summed E-state index contributed by atoms with van der Waals surface area (Å²) in [7, 11) is 0. The van der Waals surface area contributed by atoms with Crippen molar-refractivity contribution in [2.75, 3.05) is 24.1 Å². The summed E-state index contributed by atoms with van der Waals surface area (Å²) in [6.07, 6.45) is 1.26. The predicted octanol–water partition coefficient (Wildman–Crippen LogP) is 4.58. The van der Waals surface area contributed by atoms with Crippen molar-refractivity contribution in [3.63, 3.8) is 0 Å². The smallest absolute Gasteiger partial charge is 0.410 e. The van der Waals surface area contributed by atoms with E-state index in [1.54, 1.807) is 40.0 Å². The Kier molecular flexibility index (Phi) is 7.20. The van der Waals surface area contributed by atoms with Crippen molar-refractivity contribution in [1.82, 2.24) is 24.8 Å². The summed E-state index contributed by atoms with van der Waals surface area (Å²) >= 11 is 1.34. The fraction of sp³-hybridized carbons (Fsp3) is 0.435. The number of rotatable bonds is 5. The van der Waals surface area contributed by atoms with Crippen LogP contribution in [0.2, 0.25) is 0 Å². The molecule has 0 aliphatic carbocycles. The lowest BCUT2D eigenvalue weighted by Crippen LogP contribution is -2.51. The maximum absolute atomic E-state index is 14.4. The lowest BCUT2D eigenvalue weighted by Gasteiger charge is -2.36. The Morgan fingerprint density at radius 3 is 2.78 bits per heavy atom. The number of amides is 1. The topological polar surface area (TPSA) is 128 Å². The molecular weight excluding hydrogens is 492 g/mol. The van der Waals surface area contributed by atoms with Crippen molar-refractivity contribution < 1.29 is 23.0 Å². The Hall–Kier alpha value is -3.61. The second-order valence-electron chi connectivity index (χ2n) is 9.33. The highest BCUT2D eigenvalue weighted by atomic mass is 32.1. The molecule has 4 heterocycles. The fourth-order valence-electron chi connectivity index (χ4n) is 3.59. The van der Waals surface area contributed by atoms with E-state index in [1.165, 1.54) is 22.4 Å². The van der Waals surface area contributed by atoms with Crippen LogP contribution in [-0.2, 0) is 4.74 Å². The van der Waals surface area contributed by atoms with Gasteiger partial charge in [-0.1, -0.05) is 0 Å². The van der Waals surface area contributed by atoms with Gasteiger partial charge in [-0.3, -0.25) is 0 Å². The number of nitrogens with zero attached hydrogens (tertiary/aromatic N) is 5. The van der Waals surface area contributed by atoms with Gasteiger partial charge in [0.1, 0.15) is 16.6 Å². The van der Waals surface area contributed by atoms with E-state index >= 15 is 0 Å². The highest BCUT2D eigenvalue weighted by Gasteiger charge is 2.33. The molecule has 4 rings (SSSR count). The maximum Gasteiger partial charge on any atom is 0.410 e. The molecule has 0 saturated carbocycles. The van der Waals surface area contributed by atoms with Crippen LogP contribution in [0.5, 0.6) is 11.6 Å². The number of piperidine rings is 1. The van der Waals surface area contributed by atoms with Gasteiger partial charge in [0, 0.05) is 31.3 Å². The SMILES string of the molecule is Cc1nc(Oc2cnc(N)c(F)c2)c(-c2ccnc(N[C@H]3C[C@H](F)CN(C(=O)OC(C)(C)C)C3)n2)s1. The summed E-state index contributed by atoms with van der Waals surface area (Å²) in [5.74, 6) is -0.307. The Morgan fingerprint density at radius 1 is 1.28 bits per heavy atom. The number of halogens is 2. The van der Waals surface area contributed by atoms with Crippen LogP contribution in [0.25, 0.3) is 10.6 Å². The highest BCUT2D eigenvalue weighted by molar-refractivity contribution is 7.15. The molecule has 36 heavy (non-hydrogen) atoms. The third-order valence-corrected chi connectivity index (χ3v) is 6.01. The van der Waals surface area contributed by atoms with Gasteiger partial charge in [-0.15, -0.1) is 11.3 Å². The number of carbonyl (C=O) groups excluding carboxylic acids is 1. The van der Waals surface area contributed by atoms with E-state index in [1.807, 2.05) is 0 Å². The second kappa shape index (κ2) is 10.2. The number of thiazole rings is 1. The molecule has 3 N–H and O–H groups in total. The first kappa shape index (κ1) is 25.5. The molecule has 1 aliphatic heterocycles. The predicted molar refractivity (Wildman–Crippen MR) is 131 cm³/mol. The first-order valence-electron chi connectivity index (χ1n) is 11.2. The molecule has 0 aromatic carbocycles. The van der Waals surface area contributed by atoms with Gasteiger partial charge in [-0.05, 0) is 33.8 Å². The third kappa shape index (κ3) is 6.33. The molecule has 1 fully saturated rings. The average Bonchev–Trinajstić information content (AvgIpc) is 3.15. The van der Waals surface area contributed by atoms with Gasteiger partial charge in [-0.25, -0.2) is 33.5 Å². The number of nitrogens with one attached hydrogen (secondary N) is 1. The van der Waals surface area contributed by atoms with E-state index in [4.69, 9.17) is 15.2 Å². The summed E-state index contributed by atoms with van der Waals surface area (Å²) in [4.78, 5) is 31.3. The van der Waals surface area contributed by atoms with Gasteiger partial charge in [0.25, 0.3) is 0 Å². The van der Waals surface area contributed by atoms with Crippen LogP contribution in [0, 0.1) is 12.7 Å². The molecule has 0 spiro atoms. The zero-order valence-electron chi connectivity index (χ0n) is 20.3. The zero-order chi connectivity index (χ0) is 26.0. The van der Waals surface area contributed by atoms with Gasteiger partial charge in [-0.2, -0.15) is 0 Å². The quantitative estimate of drug-likeness (QED) is 0.498. The van der Waals surface area contributed by atoms with Gasteiger partial charge in [0.05, 0.1) is 23.4 Å². The Labute approximate surface area is 210 Å². The van der Waals surface area contributed by atoms with Gasteiger partial charge < -0.3 is 25.4 Å². The number of aromatic nitrogens is 4. The lowest BCUT2D eigenvalue weighted by molar-refractivity contribution is 0.0124. The van der Waals surface area contributed by atoms with Gasteiger partial charge in [0.2, 0.25) is 11.8 Å². The third-order valence-electron chi connectivity index (χ3n) is 5.03. The number of anilines is 2. The Balaban J connectivity index is 1.51. The van der Waals surface area contributed by atoms with Crippen molar-refractivity contribution in [3.8, 4) is 22.2 Å². The number of ether oxygens (including phenoxy) is 2. The summed E-state index contributed by atoms with van der Waals surface area (Å²) in [6, 6.07) is 2.39. The number of nitrogen functional groups attached to an aromatic ring is 1. The van der Waals surface area contributed by atoms with Crippen LogP contribution in [-0.4, -0.2) is 61.8 Å². The molecule has 0 unspecified atom stereocenters. The van der Waals surface area contributed by atoms with E-state index < -0.39 is 29.7 Å². The molecule has 3 aromatic heterocycles. The highest BCUT2D eigenvalue weighted by Crippen LogP contribution is 2.37. The van der Waals surface area contributed by atoms with E-state index in [0.29, 0.717) is 15.6 Å². The minimum absolute atomic E-state index is 0.0323. The fourth-order valence-corrected chi connectivity index (χ4v) is 4.41. The Bertz CT molecular complexity index is 1250. The second-order valence-corrected chi connectivity index (χ2v) is 10.5. The molecule has 0 bridgehead atoms. The first-order valence-corrected chi connectivity index (χ1v) is 12.1. The lowest BCUT2D eigenvalue weighted by atomic mass is 10.0. The number of hydrogen-bond acceptors (Lipinski definition) is 10. The number of carbonyl (C=O) groups is 1. The number of aryl methyl sites for hydroxylation is 1. The maximum atomic E-state index is 14.4. The average molecular weight is 520 g/mol. The molecule has 192 valence electrons. The number of hydrogen-bond donors (Lipinski definition) is 2. The van der Waals surface area contributed by atoms with Crippen molar-refractivity contribution in [2.45, 2.75) is 51.9 Å². The molecule has 1 aliphatic rings. The molecule has 2 atom stereocenters. The zero-order valence-corrected chi connectivity index (χ0v) is 21.1. The van der Waals surface area contributed by atoms with Crippen LogP contribution in [0.15, 0.2) is 24.5 Å². The Morgan fingerprint density at radius 2 is 2.06 bits per heavy atom. The van der Waals surface area contributed by atoms with Crippen molar-refractivity contribution in [1.29, 1.82) is 0 Å². The van der Waals surface area contributed by atoms with Gasteiger partial charge >= 0.3 is 6.09 Å². The summed E-state index contributed by atoms with van der Waals surface area (Å²) in [5.41, 5.74) is 5.26. The van der Waals surface area contributed by atoms with Crippen LogP contribution in [0.1, 0.15) is 32.2 Å². The van der Waals surface area contributed by atoms with E-state index in [0.717, 1.165) is 6.07 Å². The van der Waals surface area contributed by atoms with Crippen LogP contribution >= 0.6 is 11.3 Å². The molecule has 3 aromatic rings. The molecule has 13 heteroatoms. The minimum Gasteiger partial charge on any atom is -0.444 e. The summed E-state index contributed by atoms with van der Waals surface area (Å²) < 4.78 is 39.4. The monoisotopic (exact) mass is 519 g/mol. The molecule has 0 radical (unpaired) electrons. The van der Waals surface area contributed by atoms with Crippen molar-refractivity contribution >= 4 is 29.2 Å². The molecular formula is C23H27F2N7O3S. The standard InChI is InChI=1S/C23H27F2N7O3S/c1-12-29-20(34-15-8-16(25)19(26)28-9-15)18(36-12)17-5-6-27-21(31-17)30-14-7-13(24)10-32(11-14)22(33)35-23(2,3)4/h5-6,8-9,13-14H,7,10-11H2,1-4H3,(H2,26,28)(H,27,30,31)/t13-,14-/m0/s1. The van der Waals surface area contributed by atoms with E-state index in [9.17, 15) is 13.6 Å². The van der Waals surface area contributed by atoms with Crippen LogP contribution in [0.3, 0.4) is 0 Å². The summed E-state index contributed by atoms with van der Waals surface area (Å²) in [5, 5.41) is 3.82. The molecule has 1 saturated heterocycles. The van der Waals surface area contributed by atoms with E-state index in [2.05, 4.69) is 25.3 Å². The number of alkyl halides is 1. The minimum atomic E-state index is -1.22. The first-order chi connectivity index (χ1) is 17.0. The molecule has 10 nitrogen and oxygen atoms in total. The van der Waals surface area contributed by atoms with Crippen molar-refractivity contribution in [3.05, 3.63) is 35.4 Å². The van der Waals surface area contributed by atoms with Crippen LogP contribution in [0.4, 0.5) is 25.3 Å². The number of likely N-dealkylation sites (tertiary alicyclic amines) is 1. The normalized spacial score (nSPS) is 18.1. The van der Waals surface area contributed by atoms with E-state index in [-0.39, 0.29) is 42.9 Å². The van der Waals surface area contributed by atoms with Gasteiger partial charge in [0.15, 0.2) is 17.4 Å². The van der Waals surface area contributed by atoms with Crippen molar-refractivity contribution in [2.24, 2.45) is 0 Å². The summed E-state index contributed by atoms with van der Waals surface area (Å²) in [6.45, 7) is 7.29. The largest absolute Gasteiger partial charge is 0.444 e. The number of nitrogens with two attached hydrogens (primary N) is 1. The van der Waals surface area contributed by atoms with Crippen LogP contribution < -0.4 is 15.8 Å². The number of pyridine rings is 1. The molecule has 1 amide bonds.